The van der Waals surface area contributed by atoms with Gasteiger partial charge in [0.25, 0.3) is 11.8 Å². The molecule has 1 aliphatic heterocycles. The number of carbonyl (C=O) groups is 2. The molecule has 146 valence electrons. The van der Waals surface area contributed by atoms with E-state index < -0.39 is 23.6 Å². The number of amides is 2. The fourth-order valence-electron chi connectivity index (χ4n) is 3.22. The SMILES string of the molecule is Cc1ccc(/C=C2\C(=O)N(c3cccc(C(F)(F)F)c3)C(=O)c3ccccc32)s1. The van der Waals surface area contributed by atoms with Crippen LogP contribution in [0.3, 0.4) is 0 Å². The molecule has 0 unspecified atom stereocenters. The van der Waals surface area contributed by atoms with E-state index in [1.165, 1.54) is 23.5 Å². The lowest BCUT2D eigenvalue weighted by molar-refractivity contribution is -0.137. The highest BCUT2D eigenvalue weighted by Crippen LogP contribution is 2.37. The van der Waals surface area contributed by atoms with Gasteiger partial charge in [-0.1, -0.05) is 24.3 Å². The number of hydrogen-bond donors (Lipinski definition) is 0. The molecular weight excluding hydrogens is 399 g/mol. The van der Waals surface area contributed by atoms with Gasteiger partial charge in [-0.15, -0.1) is 11.3 Å². The van der Waals surface area contributed by atoms with E-state index in [0.717, 1.165) is 26.8 Å². The summed E-state index contributed by atoms with van der Waals surface area (Å²) in [6.07, 6.45) is -2.91. The number of alkyl halides is 3. The molecule has 2 heterocycles. The molecule has 29 heavy (non-hydrogen) atoms. The van der Waals surface area contributed by atoms with E-state index in [4.69, 9.17) is 0 Å². The van der Waals surface area contributed by atoms with Gasteiger partial charge in [-0.2, -0.15) is 13.2 Å². The van der Waals surface area contributed by atoms with Gasteiger partial charge in [-0.05, 0) is 49.4 Å². The summed E-state index contributed by atoms with van der Waals surface area (Å²) in [4.78, 5) is 28.9. The molecule has 0 atom stereocenters. The quantitative estimate of drug-likeness (QED) is 0.393. The van der Waals surface area contributed by atoms with Crippen LogP contribution >= 0.6 is 11.3 Å². The molecule has 1 aromatic heterocycles. The van der Waals surface area contributed by atoms with Crippen molar-refractivity contribution in [3.63, 3.8) is 0 Å². The Hall–Kier alpha value is -3.19. The zero-order chi connectivity index (χ0) is 20.8. The zero-order valence-electron chi connectivity index (χ0n) is 15.2. The predicted octanol–water partition coefficient (Wildman–Crippen LogP) is 5.80. The van der Waals surface area contributed by atoms with Crippen LogP contribution in [0.5, 0.6) is 0 Å². The molecule has 0 radical (unpaired) electrons. The molecule has 0 fully saturated rings. The lowest BCUT2D eigenvalue weighted by Crippen LogP contribution is -2.41. The van der Waals surface area contributed by atoms with Gasteiger partial charge < -0.3 is 0 Å². The van der Waals surface area contributed by atoms with E-state index in [-0.39, 0.29) is 16.8 Å². The predicted molar refractivity (Wildman–Crippen MR) is 107 cm³/mol. The third kappa shape index (κ3) is 3.49. The number of nitrogens with zero attached hydrogens (tertiary/aromatic N) is 1. The van der Waals surface area contributed by atoms with Crippen LogP contribution in [0.15, 0.2) is 60.7 Å². The Labute approximate surface area is 168 Å². The van der Waals surface area contributed by atoms with E-state index in [1.807, 2.05) is 19.1 Å². The van der Waals surface area contributed by atoms with Gasteiger partial charge in [0.2, 0.25) is 0 Å². The standard InChI is InChI=1S/C22H14F3NO2S/c1-13-9-10-16(29-13)12-19-17-7-2-3-8-18(17)20(27)26(21(19)28)15-6-4-5-14(11-15)22(23,24)25/h2-12H,1H3/b19-12-. The van der Waals surface area contributed by atoms with Gasteiger partial charge in [0.1, 0.15) is 0 Å². The normalized spacial score (nSPS) is 15.7. The van der Waals surface area contributed by atoms with Crippen LogP contribution in [-0.4, -0.2) is 11.8 Å². The minimum absolute atomic E-state index is 0.113. The Kier molecular flexibility index (Phi) is 4.62. The van der Waals surface area contributed by atoms with Gasteiger partial charge in [-0.3, -0.25) is 9.59 Å². The topological polar surface area (TPSA) is 37.4 Å². The Morgan fingerprint density at radius 3 is 2.28 bits per heavy atom. The minimum Gasteiger partial charge on any atom is -0.268 e. The highest BCUT2D eigenvalue weighted by molar-refractivity contribution is 7.12. The second-order valence-corrected chi connectivity index (χ2v) is 7.87. The molecule has 0 aliphatic carbocycles. The van der Waals surface area contributed by atoms with Crippen molar-refractivity contribution >= 4 is 40.5 Å². The van der Waals surface area contributed by atoms with Crippen molar-refractivity contribution < 1.29 is 22.8 Å². The highest BCUT2D eigenvalue weighted by atomic mass is 32.1. The summed E-state index contributed by atoms with van der Waals surface area (Å²) in [5.74, 6) is -1.30. The molecule has 1 aliphatic rings. The van der Waals surface area contributed by atoms with Crippen LogP contribution < -0.4 is 4.90 Å². The van der Waals surface area contributed by atoms with E-state index in [1.54, 1.807) is 30.3 Å². The fraction of sp³-hybridized carbons (Fsp3) is 0.0909. The number of aryl methyl sites for hydroxylation is 1. The molecule has 4 rings (SSSR count). The van der Waals surface area contributed by atoms with Gasteiger partial charge in [-0.25, -0.2) is 4.90 Å². The van der Waals surface area contributed by atoms with Crippen molar-refractivity contribution in [3.8, 4) is 0 Å². The second kappa shape index (κ2) is 7.00. The number of rotatable bonds is 2. The molecule has 7 heteroatoms. The Bertz CT molecular complexity index is 1160. The van der Waals surface area contributed by atoms with Crippen LogP contribution in [0.1, 0.15) is 31.2 Å². The lowest BCUT2D eigenvalue weighted by atomic mass is 9.92. The number of hydrogen-bond acceptors (Lipinski definition) is 3. The van der Waals surface area contributed by atoms with Crippen molar-refractivity contribution in [2.45, 2.75) is 13.1 Å². The maximum absolute atomic E-state index is 13.2. The molecular formula is C22H14F3NO2S. The number of thiophene rings is 1. The summed E-state index contributed by atoms with van der Waals surface area (Å²) < 4.78 is 39.4. The Balaban J connectivity index is 1.88. The van der Waals surface area contributed by atoms with Crippen LogP contribution in [0.2, 0.25) is 0 Å². The summed E-state index contributed by atoms with van der Waals surface area (Å²) in [5.41, 5.74) is -0.0354. The van der Waals surface area contributed by atoms with Crippen LogP contribution in [0.4, 0.5) is 18.9 Å². The molecule has 2 aromatic carbocycles. The van der Waals surface area contributed by atoms with Crippen molar-refractivity contribution in [2.24, 2.45) is 0 Å². The summed E-state index contributed by atoms with van der Waals surface area (Å²) >= 11 is 1.48. The van der Waals surface area contributed by atoms with E-state index in [9.17, 15) is 22.8 Å². The molecule has 0 saturated carbocycles. The minimum atomic E-state index is -4.58. The first-order chi connectivity index (χ1) is 13.8. The number of halogens is 3. The van der Waals surface area contributed by atoms with Crippen LogP contribution in [0.25, 0.3) is 11.6 Å². The molecule has 0 saturated heterocycles. The zero-order valence-corrected chi connectivity index (χ0v) is 16.0. The van der Waals surface area contributed by atoms with Crippen molar-refractivity contribution in [1.82, 2.24) is 0 Å². The third-order valence-electron chi connectivity index (χ3n) is 4.56. The molecule has 0 bridgehead atoms. The molecule has 2 amide bonds. The maximum atomic E-state index is 13.2. The molecule has 0 N–H and O–H groups in total. The van der Waals surface area contributed by atoms with Gasteiger partial charge in [0.05, 0.1) is 11.3 Å². The van der Waals surface area contributed by atoms with Crippen LogP contribution in [-0.2, 0) is 11.0 Å². The second-order valence-electron chi connectivity index (χ2n) is 6.55. The number of benzene rings is 2. The lowest BCUT2D eigenvalue weighted by Gasteiger charge is -2.29. The number of fused-ring (bicyclic) bond motifs is 1. The first kappa shape index (κ1) is 19.1. The molecule has 0 spiro atoms. The summed E-state index contributed by atoms with van der Waals surface area (Å²) in [5, 5.41) is 0. The summed E-state index contributed by atoms with van der Waals surface area (Å²) in [7, 11) is 0. The Morgan fingerprint density at radius 1 is 0.897 bits per heavy atom. The number of anilines is 1. The van der Waals surface area contributed by atoms with Crippen molar-refractivity contribution in [3.05, 3.63) is 87.1 Å². The number of carbonyl (C=O) groups excluding carboxylic acids is 2. The van der Waals surface area contributed by atoms with Gasteiger partial charge in [0.15, 0.2) is 0 Å². The summed E-state index contributed by atoms with van der Waals surface area (Å²) in [6, 6.07) is 14.6. The largest absolute Gasteiger partial charge is 0.416 e. The average Bonchev–Trinajstić information content (AvgIpc) is 3.10. The maximum Gasteiger partial charge on any atom is 0.416 e. The van der Waals surface area contributed by atoms with Crippen LogP contribution in [0, 0.1) is 6.92 Å². The van der Waals surface area contributed by atoms with Gasteiger partial charge in [0, 0.05) is 26.5 Å². The fourth-order valence-corrected chi connectivity index (χ4v) is 4.04. The van der Waals surface area contributed by atoms with E-state index in [2.05, 4.69) is 0 Å². The first-order valence-electron chi connectivity index (χ1n) is 8.69. The van der Waals surface area contributed by atoms with Gasteiger partial charge >= 0.3 is 6.18 Å². The smallest absolute Gasteiger partial charge is 0.268 e. The highest BCUT2D eigenvalue weighted by Gasteiger charge is 2.37. The van der Waals surface area contributed by atoms with Crippen molar-refractivity contribution in [2.75, 3.05) is 4.90 Å². The monoisotopic (exact) mass is 413 g/mol. The van der Waals surface area contributed by atoms with E-state index >= 15 is 0 Å². The average molecular weight is 413 g/mol. The molecule has 3 nitrogen and oxygen atoms in total. The third-order valence-corrected chi connectivity index (χ3v) is 5.51. The summed E-state index contributed by atoms with van der Waals surface area (Å²) in [6.45, 7) is 1.93. The number of imide groups is 1. The van der Waals surface area contributed by atoms with Crippen molar-refractivity contribution in [1.29, 1.82) is 0 Å². The van der Waals surface area contributed by atoms with E-state index in [0.29, 0.717) is 5.56 Å². The Morgan fingerprint density at radius 2 is 1.62 bits per heavy atom. The first-order valence-corrected chi connectivity index (χ1v) is 9.51. The molecule has 3 aromatic rings.